The molecule has 4 aliphatic rings. The van der Waals surface area contributed by atoms with Gasteiger partial charge in [0.25, 0.3) is 0 Å². The van der Waals surface area contributed by atoms with Crippen LogP contribution in [0, 0.1) is 88.9 Å². The maximum Gasteiger partial charge on any atom is 0.347 e. The van der Waals surface area contributed by atoms with Crippen LogP contribution < -0.4 is 37.2 Å². The number of carbonyl (C=O) groups excluding carboxylic acids is 1. The van der Waals surface area contributed by atoms with E-state index >= 15 is 4.39 Å². The van der Waals surface area contributed by atoms with E-state index in [0.29, 0.717) is 144 Å². The van der Waals surface area contributed by atoms with Crippen molar-refractivity contribution in [3.63, 3.8) is 0 Å². The fourth-order valence-electron chi connectivity index (χ4n) is 18.7. The Morgan fingerprint density at radius 1 is 0.408 bits per heavy atom. The van der Waals surface area contributed by atoms with Gasteiger partial charge in [0.1, 0.15) is 38.1 Å². The first-order chi connectivity index (χ1) is 70.8. The molecule has 0 spiro atoms. The molecule has 41 nitrogen and oxygen atoms in total. The van der Waals surface area contributed by atoms with Gasteiger partial charge in [-0.3, -0.25) is 35.1 Å². The monoisotopic (exact) mass is 2070 g/mol. The summed E-state index contributed by atoms with van der Waals surface area (Å²) in [6.07, 6.45) is 16.6. The Hall–Kier alpha value is -14.4. The zero-order chi connectivity index (χ0) is 103. The predicted octanol–water partition coefficient (Wildman–Crippen LogP) is 20.9. The fraction of sp³-hybridized carbons (Fsp3) is 0.406. The molecule has 12 aromatic heterocycles. The molecule has 16 heterocycles. The molecule has 16 aromatic rings. The molecular formula is C101H120Cl4FN37O4. The molecule has 0 atom stereocenters. The van der Waals surface area contributed by atoms with Gasteiger partial charge in [0.05, 0.1) is 44.4 Å². The first kappa shape index (κ1) is 104. The lowest BCUT2D eigenvalue weighted by atomic mass is 9.85. The minimum absolute atomic E-state index is 0.159. The lowest BCUT2D eigenvalue weighted by Crippen LogP contribution is -2.40. The smallest absolute Gasteiger partial charge is 0.340 e. The first-order valence-corrected chi connectivity index (χ1v) is 50.7. The Bertz CT molecular complexity index is 7210. The van der Waals surface area contributed by atoms with Crippen molar-refractivity contribution in [2.75, 3.05) is 89.6 Å². The second kappa shape index (κ2) is 47.4. The number of aryl methyl sites for hydroxylation is 13. The number of H-pyrrole nitrogens is 4. The highest BCUT2D eigenvalue weighted by molar-refractivity contribution is 6.34. The van der Waals surface area contributed by atoms with Crippen molar-refractivity contribution >= 4 is 134 Å². The molecule has 0 unspecified atom stereocenters. The van der Waals surface area contributed by atoms with Crippen molar-refractivity contribution < 1.29 is 22.8 Å². The minimum Gasteiger partial charge on any atom is -0.340 e. The van der Waals surface area contributed by atoms with Gasteiger partial charge in [-0.2, -0.15) is 50.3 Å². The highest BCUT2D eigenvalue weighted by Crippen LogP contribution is 2.41. The molecule has 46 heteroatoms. The number of nitrogens with one attached hydrogen (secondary N) is 11. The lowest BCUT2D eigenvalue weighted by molar-refractivity contribution is 0.179. The number of hydrogen-bond donors (Lipinski definition) is 11. The zero-order valence-electron chi connectivity index (χ0n) is 84.7. The maximum absolute atomic E-state index is 15.2. The molecule has 4 aliphatic heterocycles. The van der Waals surface area contributed by atoms with Crippen molar-refractivity contribution in [1.29, 1.82) is 0 Å². The summed E-state index contributed by atoms with van der Waals surface area (Å²) in [7, 11) is 0. The van der Waals surface area contributed by atoms with Gasteiger partial charge in [0.15, 0.2) is 64.0 Å². The molecule has 147 heavy (non-hydrogen) atoms. The van der Waals surface area contributed by atoms with E-state index in [-0.39, 0.29) is 30.1 Å². The third kappa shape index (κ3) is 27.1. The van der Waals surface area contributed by atoms with E-state index in [9.17, 15) is 4.79 Å². The van der Waals surface area contributed by atoms with Gasteiger partial charge in [-0.25, -0.2) is 34.1 Å². The minimum atomic E-state index is -0.307. The largest absolute Gasteiger partial charge is 0.347 e. The summed E-state index contributed by atoms with van der Waals surface area (Å²) in [4.78, 5) is 70.2. The molecule has 1 amide bonds. The number of amides is 1. The number of anilines is 14. The predicted molar refractivity (Wildman–Crippen MR) is 561 cm³/mol. The van der Waals surface area contributed by atoms with Crippen LogP contribution in [0.5, 0.6) is 0 Å². The number of nitrogens with zero attached hydrogens (tertiary/aromatic N) is 26. The highest BCUT2D eigenvalue weighted by Gasteiger charge is 2.32. The van der Waals surface area contributed by atoms with Crippen LogP contribution in [0.15, 0.2) is 117 Å². The van der Waals surface area contributed by atoms with Crippen LogP contribution in [0.4, 0.5) is 90.6 Å². The van der Waals surface area contributed by atoms with E-state index in [1.807, 2.05) is 78.8 Å². The van der Waals surface area contributed by atoms with Crippen LogP contribution in [0.25, 0.3) is 0 Å². The van der Waals surface area contributed by atoms with Crippen LogP contribution in [-0.4, -0.2) is 209 Å². The zero-order valence-corrected chi connectivity index (χ0v) is 87.7. The fourth-order valence-corrected chi connectivity index (χ4v) is 19.2. The molecule has 4 fully saturated rings. The molecule has 4 aromatic carbocycles. The Kier molecular flexibility index (Phi) is 33.5. The molecule has 4 saturated heterocycles. The summed E-state index contributed by atoms with van der Waals surface area (Å²) >= 11 is 25.2. The third-order valence-corrected chi connectivity index (χ3v) is 27.6. The first-order valence-electron chi connectivity index (χ1n) is 49.1. The Morgan fingerprint density at radius 2 is 0.782 bits per heavy atom. The van der Waals surface area contributed by atoms with E-state index in [2.05, 4.69) is 270 Å². The number of carbonyl (C=O) groups is 1. The summed E-state index contributed by atoms with van der Waals surface area (Å²) in [6, 6.07) is 24.1. The van der Waals surface area contributed by atoms with Gasteiger partial charge in [0, 0.05) is 103 Å². The van der Waals surface area contributed by atoms with E-state index in [1.54, 1.807) is 29.6 Å². The molecular weight excluding hydrogens is 1960 g/mol. The van der Waals surface area contributed by atoms with Gasteiger partial charge in [-0.05, 0) is 292 Å². The van der Waals surface area contributed by atoms with Crippen LogP contribution in [0.2, 0.25) is 20.1 Å². The molecule has 0 bridgehead atoms. The summed E-state index contributed by atoms with van der Waals surface area (Å²) in [5.74, 6) is 12.3. The van der Waals surface area contributed by atoms with Crippen LogP contribution in [-0.2, 0) is 32.5 Å². The van der Waals surface area contributed by atoms with Crippen molar-refractivity contribution in [3.8, 4) is 0 Å². The van der Waals surface area contributed by atoms with Crippen LogP contribution >= 0.6 is 46.4 Å². The number of rotatable bonds is 28. The average Bonchev–Trinajstić information content (AvgIpc) is 1.77. The topological polar surface area (TPSA) is 492 Å². The van der Waals surface area contributed by atoms with Crippen molar-refractivity contribution in [2.24, 2.45) is 0 Å². The van der Waals surface area contributed by atoms with Crippen molar-refractivity contribution in [2.45, 2.75) is 217 Å². The number of piperidine rings is 4. The Labute approximate surface area is 869 Å². The highest BCUT2D eigenvalue weighted by atomic mass is 35.5. The number of tetrazole rings is 1. The van der Waals surface area contributed by atoms with Crippen molar-refractivity contribution in [3.05, 3.63) is 260 Å². The number of aromatic nitrogens is 26. The molecule has 11 N–H and O–H groups in total. The Morgan fingerprint density at radius 3 is 1.15 bits per heavy atom. The molecule has 0 aliphatic carbocycles. The summed E-state index contributed by atoms with van der Waals surface area (Å²) in [6.45, 7) is 39.9. The number of likely N-dealkylation sites (tertiary alicyclic amines) is 4. The van der Waals surface area contributed by atoms with E-state index in [4.69, 9.17) is 60.0 Å². The van der Waals surface area contributed by atoms with E-state index in [0.717, 1.165) is 207 Å². The SMILES string of the molecule is CCc1noc(CN2CCC(c3cc(C)c(Nc4ncc(Cl)c(Nc5cc(C)[nH]n5)n4)cc3C)CC2)n1.Cc1cc(Nc2nc(Cc3cc(C)c(C4CCN(C(=O)n5cnnn5)CC4)cc3F)ncc2Cl)n[nH]1.Cc1cc(Nc2nc(Nc3cc(C)c(C4CCN(Cc5noc(C(C)C)n5)CC4)cc3C)ncc2Cl)n[nH]1.Cc1cc(Nc2nc(Nc3cc(C)c(C4CCN(Cc5noc(C)n5)CC4)cc3C)ncc2Cl)n[nH]1. The Balaban J connectivity index is 0.000000134. The van der Waals surface area contributed by atoms with Crippen LogP contribution in [0.3, 0.4) is 0 Å². The second-order valence-corrected chi connectivity index (χ2v) is 39.8. The normalized spacial score (nSPS) is 14.7. The van der Waals surface area contributed by atoms with Crippen LogP contribution in [0.1, 0.15) is 232 Å². The quantitative estimate of drug-likeness (QED) is 0.0203. The maximum atomic E-state index is 15.2. The number of hydrogen-bond acceptors (Lipinski definition) is 35. The second-order valence-electron chi connectivity index (χ2n) is 38.2. The average molecular weight is 2080 g/mol. The summed E-state index contributed by atoms with van der Waals surface area (Å²) in [5, 5.41) is 75.3. The van der Waals surface area contributed by atoms with Gasteiger partial charge < -0.3 is 55.7 Å². The number of benzene rings is 4. The number of aromatic amines is 4. The standard InChI is InChI=1S/C27H34ClN9O.C26H32ClN9O.C25H30ClN9O.C23H24ClFN10O/c1-15(2)26-32-24(36-38-26)14-37-8-6-19(7-9-37)20-10-17(4)22(11-16(20)3)30-27-29-13-21(28)25(33-27)31-23-12-18(5)34-35-23;1-5-22-30-24(37-35-22)14-36-8-6-18(7-9-36)19-10-16(3)21(11-15(19)2)29-26-28-13-20(27)25(32-26)31-23-12-17(4)33-34-23;1-14-10-21(29-25-27-12-20(26)24(31-25)30-22-11-16(3)32-33-22)15(2)9-19(14)18-5-7-35(8-6-18)13-23-28-17(4)36-34-23;1-13-7-16(9-20-26-11-18(24)22(28-20)29-21-8-14(2)30-31-21)19(25)10-17(13)15-3-5-34(6-4-15)23(36)35-12-27-32-33-35/h10-13,15,19H,6-9,14H2,1-5H3,(H3,29,30,31,33,34,35);10-13,18H,5-9,14H2,1-4H3,(H3,28,29,31,32,33,34);9-12,18H,5-8,13H2,1-4H3,(H3,27,29,30,31,32,33);7-8,10-12,15H,3-6,9H2,1-2H3,(H2,26,28,29,30,31). The summed E-state index contributed by atoms with van der Waals surface area (Å²) < 4.78 is 32.2. The van der Waals surface area contributed by atoms with E-state index in [1.165, 1.54) is 45.9 Å². The van der Waals surface area contributed by atoms with Gasteiger partial charge in [0.2, 0.25) is 35.5 Å². The van der Waals surface area contributed by atoms with Gasteiger partial charge in [-0.15, -0.1) is 9.78 Å². The molecule has 0 saturated carbocycles. The van der Waals surface area contributed by atoms with Gasteiger partial charge in [-0.1, -0.05) is 107 Å². The van der Waals surface area contributed by atoms with Gasteiger partial charge >= 0.3 is 6.03 Å². The van der Waals surface area contributed by atoms with E-state index < -0.39 is 0 Å². The molecule has 768 valence electrons. The number of halogens is 5. The summed E-state index contributed by atoms with van der Waals surface area (Å²) in [5.41, 5.74) is 20.6. The third-order valence-electron chi connectivity index (χ3n) is 26.5. The van der Waals surface area contributed by atoms with Crippen molar-refractivity contribution in [1.82, 2.24) is 151 Å². The lowest BCUT2D eigenvalue weighted by Gasteiger charge is -2.32. The molecule has 0 radical (unpaired) electrons. The molecule has 20 rings (SSSR count).